The van der Waals surface area contributed by atoms with Crippen molar-refractivity contribution < 1.29 is 16.8 Å². The van der Waals surface area contributed by atoms with Gasteiger partial charge in [0.05, 0.1) is 16.3 Å². The normalized spacial score (nSPS) is 27.2. The van der Waals surface area contributed by atoms with Crippen molar-refractivity contribution in [3.05, 3.63) is 24.3 Å². The SMILES string of the molecule is C[C@@H]1CCCC[C@@H]1NS(=O)(=O)c1ccc(N2CCCCS2(=O)=O)cc1. The average Bonchev–Trinajstić information content (AvgIpc) is 2.57. The lowest BCUT2D eigenvalue weighted by molar-refractivity contribution is 0.310. The first-order valence-corrected chi connectivity index (χ1v) is 12.0. The van der Waals surface area contributed by atoms with Gasteiger partial charge in [-0.1, -0.05) is 19.8 Å². The predicted octanol–water partition coefficient (Wildman–Crippen LogP) is 2.47. The van der Waals surface area contributed by atoms with Gasteiger partial charge in [0.1, 0.15) is 0 Å². The molecule has 0 aromatic heterocycles. The standard InChI is InChI=1S/C17H26N2O4S2/c1-14-6-2-3-7-17(14)18-25(22,23)16-10-8-15(9-11-16)19-12-4-5-13-24(19,20)21/h8-11,14,17-18H,2-7,12-13H2,1H3/t14-,17+/m1/s1. The third kappa shape index (κ3) is 4.17. The van der Waals surface area contributed by atoms with E-state index in [2.05, 4.69) is 11.6 Å². The molecule has 3 rings (SSSR count). The molecule has 140 valence electrons. The van der Waals surface area contributed by atoms with Crippen molar-refractivity contribution in [3.8, 4) is 0 Å². The number of sulfonamides is 2. The Morgan fingerprint density at radius 3 is 2.36 bits per heavy atom. The molecule has 1 aromatic carbocycles. The molecular formula is C17H26N2O4S2. The van der Waals surface area contributed by atoms with Crippen LogP contribution in [0.4, 0.5) is 5.69 Å². The summed E-state index contributed by atoms with van der Waals surface area (Å²) < 4.78 is 53.7. The molecule has 1 saturated heterocycles. The number of rotatable bonds is 4. The minimum absolute atomic E-state index is 0.0269. The van der Waals surface area contributed by atoms with Crippen molar-refractivity contribution in [1.82, 2.24) is 4.72 Å². The van der Waals surface area contributed by atoms with Gasteiger partial charge in [-0.25, -0.2) is 21.6 Å². The van der Waals surface area contributed by atoms with Crippen LogP contribution in [0.25, 0.3) is 0 Å². The quantitative estimate of drug-likeness (QED) is 0.862. The topological polar surface area (TPSA) is 83.6 Å². The van der Waals surface area contributed by atoms with Gasteiger partial charge in [0.2, 0.25) is 20.0 Å². The van der Waals surface area contributed by atoms with Crippen LogP contribution in [0, 0.1) is 5.92 Å². The summed E-state index contributed by atoms with van der Waals surface area (Å²) in [6.07, 6.45) is 5.60. The van der Waals surface area contributed by atoms with Gasteiger partial charge < -0.3 is 0 Å². The van der Waals surface area contributed by atoms with Crippen molar-refractivity contribution in [2.45, 2.75) is 56.4 Å². The Kier molecular flexibility index (Phi) is 5.41. The largest absolute Gasteiger partial charge is 0.270 e. The van der Waals surface area contributed by atoms with E-state index >= 15 is 0 Å². The van der Waals surface area contributed by atoms with Gasteiger partial charge in [-0.3, -0.25) is 4.31 Å². The summed E-state index contributed by atoms with van der Waals surface area (Å²) >= 11 is 0. The van der Waals surface area contributed by atoms with E-state index in [-0.39, 0.29) is 16.7 Å². The molecule has 1 aliphatic heterocycles. The molecule has 2 fully saturated rings. The van der Waals surface area contributed by atoms with Crippen molar-refractivity contribution >= 4 is 25.7 Å². The molecule has 1 heterocycles. The fourth-order valence-corrected chi connectivity index (χ4v) is 6.65. The van der Waals surface area contributed by atoms with Crippen LogP contribution in [-0.2, 0) is 20.0 Å². The van der Waals surface area contributed by atoms with Gasteiger partial charge in [-0.15, -0.1) is 0 Å². The average molecular weight is 387 g/mol. The number of hydrogen-bond acceptors (Lipinski definition) is 4. The number of benzene rings is 1. The zero-order valence-corrected chi connectivity index (χ0v) is 16.2. The molecule has 0 spiro atoms. The lowest BCUT2D eigenvalue weighted by Gasteiger charge is -2.29. The Labute approximate surface area is 150 Å². The number of nitrogens with zero attached hydrogens (tertiary/aromatic N) is 1. The van der Waals surface area contributed by atoms with E-state index in [9.17, 15) is 16.8 Å². The highest BCUT2D eigenvalue weighted by Gasteiger charge is 2.28. The van der Waals surface area contributed by atoms with E-state index in [1.54, 1.807) is 12.1 Å². The van der Waals surface area contributed by atoms with Crippen LogP contribution in [-0.4, -0.2) is 35.2 Å². The summed E-state index contributed by atoms with van der Waals surface area (Å²) in [6, 6.07) is 6.13. The van der Waals surface area contributed by atoms with Crippen LogP contribution in [0.5, 0.6) is 0 Å². The van der Waals surface area contributed by atoms with Gasteiger partial charge in [-0.05, 0) is 55.9 Å². The van der Waals surface area contributed by atoms with Crippen LogP contribution in [0.2, 0.25) is 0 Å². The van der Waals surface area contributed by atoms with Gasteiger partial charge in [0.25, 0.3) is 0 Å². The maximum absolute atomic E-state index is 12.6. The molecule has 8 heteroatoms. The van der Waals surface area contributed by atoms with Gasteiger partial charge in [0.15, 0.2) is 0 Å². The molecule has 0 unspecified atom stereocenters. The minimum Gasteiger partial charge on any atom is -0.270 e. The maximum Gasteiger partial charge on any atom is 0.240 e. The van der Waals surface area contributed by atoms with Crippen molar-refractivity contribution in [3.63, 3.8) is 0 Å². The molecule has 1 N–H and O–H groups in total. The monoisotopic (exact) mass is 386 g/mol. The first kappa shape index (κ1) is 18.7. The van der Waals surface area contributed by atoms with E-state index in [4.69, 9.17) is 0 Å². The van der Waals surface area contributed by atoms with Crippen LogP contribution in [0.1, 0.15) is 45.4 Å². The summed E-state index contributed by atoms with van der Waals surface area (Å²) in [6.45, 7) is 2.53. The summed E-state index contributed by atoms with van der Waals surface area (Å²) in [4.78, 5) is 0.184. The lowest BCUT2D eigenvalue weighted by atomic mass is 9.87. The Balaban J connectivity index is 1.77. The Morgan fingerprint density at radius 2 is 1.72 bits per heavy atom. The summed E-state index contributed by atoms with van der Waals surface area (Å²) in [7, 11) is -6.87. The smallest absolute Gasteiger partial charge is 0.240 e. The van der Waals surface area contributed by atoms with E-state index < -0.39 is 20.0 Å². The Morgan fingerprint density at radius 1 is 1.04 bits per heavy atom. The minimum atomic E-state index is -3.59. The maximum atomic E-state index is 12.6. The molecule has 25 heavy (non-hydrogen) atoms. The van der Waals surface area contributed by atoms with Crippen LogP contribution in [0.3, 0.4) is 0 Å². The highest BCUT2D eigenvalue weighted by molar-refractivity contribution is 7.92. The summed E-state index contributed by atoms with van der Waals surface area (Å²) in [5.41, 5.74) is 0.532. The third-order valence-corrected chi connectivity index (χ3v) is 8.58. The predicted molar refractivity (Wildman–Crippen MR) is 98.6 cm³/mol. The van der Waals surface area contributed by atoms with Crippen molar-refractivity contribution in [2.24, 2.45) is 5.92 Å². The summed E-state index contributed by atoms with van der Waals surface area (Å²) in [5, 5.41) is 0. The number of nitrogens with one attached hydrogen (secondary N) is 1. The molecule has 2 aliphatic rings. The van der Waals surface area contributed by atoms with Crippen LogP contribution < -0.4 is 9.03 Å². The fraction of sp³-hybridized carbons (Fsp3) is 0.647. The second kappa shape index (κ2) is 7.25. The third-order valence-electron chi connectivity index (χ3n) is 5.20. The second-order valence-electron chi connectivity index (χ2n) is 7.08. The van der Waals surface area contributed by atoms with E-state index in [0.29, 0.717) is 24.6 Å². The molecule has 1 aromatic rings. The Hall–Kier alpha value is -1.12. The highest BCUT2D eigenvalue weighted by Crippen LogP contribution is 2.27. The molecule has 1 saturated carbocycles. The van der Waals surface area contributed by atoms with Crippen molar-refractivity contribution in [2.75, 3.05) is 16.6 Å². The van der Waals surface area contributed by atoms with E-state index in [1.165, 1.54) is 16.4 Å². The molecule has 0 bridgehead atoms. The highest BCUT2D eigenvalue weighted by atomic mass is 32.2. The van der Waals surface area contributed by atoms with Gasteiger partial charge >= 0.3 is 0 Å². The zero-order valence-electron chi connectivity index (χ0n) is 14.5. The van der Waals surface area contributed by atoms with Crippen LogP contribution in [0.15, 0.2) is 29.2 Å². The van der Waals surface area contributed by atoms with Crippen LogP contribution >= 0.6 is 0 Å². The van der Waals surface area contributed by atoms with E-state index in [1.807, 2.05) is 0 Å². The molecule has 2 atom stereocenters. The first-order valence-electron chi connectivity index (χ1n) is 8.92. The van der Waals surface area contributed by atoms with E-state index in [0.717, 1.165) is 32.1 Å². The Bertz CT molecular complexity index is 804. The lowest BCUT2D eigenvalue weighted by Crippen LogP contribution is -2.41. The zero-order chi connectivity index (χ0) is 18.1. The van der Waals surface area contributed by atoms with Gasteiger partial charge in [0, 0.05) is 12.6 Å². The number of anilines is 1. The molecule has 1 aliphatic carbocycles. The molecule has 6 nitrogen and oxygen atoms in total. The fourth-order valence-electron chi connectivity index (χ4n) is 3.63. The molecular weight excluding hydrogens is 360 g/mol. The first-order chi connectivity index (χ1) is 11.8. The number of hydrogen-bond donors (Lipinski definition) is 1. The van der Waals surface area contributed by atoms with Gasteiger partial charge in [-0.2, -0.15) is 0 Å². The summed E-state index contributed by atoms with van der Waals surface area (Å²) in [5.74, 6) is 0.482. The molecule has 0 radical (unpaired) electrons. The molecule has 0 amide bonds. The second-order valence-corrected chi connectivity index (χ2v) is 10.8. The van der Waals surface area contributed by atoms with Crippen molar-refractivity contribution in [1.29, 1.82) is 0 Å².